The van der Waals surface area contributed by atoms with Crippen molar-refractivity contribution in [2.75, 3.05) is 18.4 Å². The van der Waals surface area contributed by atoms with Crippen LogP contribution in [0.4, 0.5) is 14.3 Å². The van der Waals surface area contributed by atoms with Crippen LogP contribution in [0.25, 0.3) is 10.2 Å². The van der Waals surface area contributed by atoms with Gasteiger partial charge in [0.25, 0.3) is 0 Å². The van der Waals surface area contributed by atoms with Crippen LogP contribution in [-0.4, -0.2) is 34.7 Å². The van der Waals surface area contributed by atoms with Crippen molar-refractivity contribution < 1.29 is 9.18 Å². The number of hydrogen-bond donors (Lipinski definition) is 2. The van der Waals surface area contributed by atoms with Crippen LogP contribution in [0.15, 0.2) is 47.6 Å². The Hall–Kier alpha value is -2.84. The smallest absolute Gasteiger partial charge is 0.300 e. The lowest BCUT2D eigenvalue weighted by atomic mass is 10.1. The molecule has 2 aromatic carbocycles. The highest BCUT2D eigenvalue weighted by molar-refractivity contribution is 7.22. The molecule has 0 radical (unpaired) electrons. The third-order valence-corrected chi connectivity index (χ3v) is 5.49. The second-order valence-corrected chi connectivity index (χ2v) is 7.58. The third kappa shape index (κ3) is 5.58. The van der Waals surface area contributed by atoms with Crippen molar-refractivity contribution >= 4 is 38.4 Å². The molecule has 0 saturated carbocycles. The van der Waals surface area contributed by atoms with Gasteiger partial charge in [0.2, 0.25) is 0 Å². The fraction of sp³-hybridized carbons (Fsp3) is 0.286. The second kappa shape index (κ2) is 9.58. The van der Waals surface area contributed by atoms with E-state index in [2.05, 4.69) is 51.7 Å². The van der Waals surface area contributed by atoms with E-state index in [9.17, 15) is 9.18 Å². The average molecular weight is 414 g/mol. The zero-order valence-corrected chi connectivity index (χ0v) is 17.5. The minimum absolute atomic E-state index is 0.316. The summed E-state index contributed by atoms with van der Waals surface area (Å²) < 4.78 is 14.0. The maximum Gasteiger partial charge on any atom is 0.341 e. The molecule has 3 aromatic rings. The molecule has 8 heteroatoms. The van der Waals surface area contributed by atoms with Crippen molar-refractivity contribution in [3.8, 4) is 0 Å². The quantitative estimate of drug-likeness (QED) is 0.431. The first-order valence-corrected chi connectivity index (χ1v) is 10.3. The summed E-state index contributed by atoms with van der Waals surface area (Å²) in [6.45, 7) is 8.93. The van der Waals surface area contributed by atoms with Gasteiger partial charge in [-0.2, -0.15) is 5.10 Å². The summed E-state index contributed by atoms with van der Waals surface area (Å²) in [5.74, 6) is -0.316. The van der Waals surface area contributed by atoms with Crippen LogP contribution >= 0.6 is 11.3 Å². The Labute approximate surface area is 173 Å². The zero-order valence-electron chi connectivity index (χ0n) is 16.7. The van der Waals surface area contributed by atoms with Gasteiger partial charge in [0.15, 0.2) is 5.13 Å². The molecule has 0 fully saturated rings. The molecule has 152 valence electrons. The molecule has 0 aliphatic heterocycles. The van der Waals surface area contributed by atoms with Gasteiger partial charge in [0, 0.05) is 6.54 Å². The number of nitrogens with zero attached hydrogens (tertiary/aromatic N) is 3. The lowest BCUT2D eigenvalue weighted by molar-refractivity contribution is 0.252. The number of hydrogen-bond acceptors (Lipinski definition) is 5. The van der Waals surface area contributed by atoms with Gasteiger partial charge >= 0.3 is 6.03 Å². The maximum atomic E-state index is 13.0. The molecule has 0 atom stereocenters. The number of carbonyl (C=O) groups is 1. The summed E-state index contributed by atoms with van der Waals surface area (Å²) in [7, 11) is 0. The van der Waals surface area contributed by atoms with Crippen molar-refractivity contribution in [3.63, 3.8) is 0 Å². The highest BCUT2D eigenvalue weighted by atomic mass is 32.1. The Bertz CT molecular complexity index is 1010. The number of nitrogens with one attached hydrogen (secondary N) is 2. The number of fused-ring (bicyclic) bond motifs is 1. The standard InChI is InChI=1S/C21H24FN5OS/c1-4-27(5-2)13-15-6-11-18-19(12-15)29-21(23-18)24-20(28)26-25-14(3)16-7-9-17(22)10-8-16/h6-12H,4-5,13H2,1-3H3,(H2,23,24,26,28)/b25-14+. The number of hydrazone groups is 1. The van der Waals surface area contributed by atoms with E-state index >= 15 is 0 Å². The Kier molecular flexibility index (Phi) is 6.90. The molecule has 0 spiro atoms. The third-order valence-electron chi connectivity index (χ3n) is 4.56. The maximum absolute atomic E-state index is 13.0. The summed E-state index contributed by atoms with van der Waals surface area (Å²) in [6.07, 6.45) is 0. The Morgan fingerprint density at radius 3 is 2.59 bits per heavy atom. The van der Waals surface area contributed by atoms with E-state index in [1.807, 2.05) is 6.07 Å². The Morgan fingerprint density at radius 2 is 1.90 bits per heavy atom. The molecule has 2 N–H and O–H groups in total. The molecular formula is C21H24FN5OS. The molecule has 0 aliphatic carbocycles. The fourth-order valence-electron chi connectivity index (χ4n) is 2.84. The van der Waals surface area contributed by atoms with Crippen LogP contribution in [0.1, 0.15) is 31.9 Å². The van der Waals surface area contributed by atoms with Crippen LogP contribution in [0, 0.1) is 5.82 Å². The highest BCUT2D eigenvalue weighted by Crippen LogP contribution is 2.27. The van der Waals surface area contributed by atoms with E-state index in [0.29, 0.717) is 10.8 Å². The zero-order chi connectivity index (χ0) is 20.8. The van der Waals surface area contributed by atoms with Crippen molar-refractivity contribution in [1.82, 2.24) is 15.3 Å². The van der Waals surface area contributed by atoms with Crippen LogP contribution < -0.4 is 10.7 Å². The van der Waals surface area contributed by atoms with Gasteiger partial charge < -0.3 is 0 Å². The van der Waals surface area contributed by atoms with E-state index in [4.69, 9.17) is 0 Å². The van der Waals surface area contributed by atoms with Crippen LogP contribution in [-0.2, 0) is 6.54 Å². The van der Waals surface area contributed by atoms with Crippen LogP contribution in [0.3, 0.4) is 0 Å². The number of thiazole rings is 1. The number of rotatable bonds is 7. The number of halogens is 1. The van der Waals surface area contributed by atoms with Crippen LogP contribution in [0.2, 0.25) is 0 Å². The van der Waals surface area contributed by atoms with E-state index in [0.717, 1.165) is 35.4 Å². The number of anilines is 1. The summed E-state index contributed by atoms with van der Waals surface area (Å²) >= 11 is 1.42. The van der Waals surface area contributed by atoms with E-state index in [1.54, 1.807) is 19.1 Å². The van der Waals surface area contributed by atoms with Gasteiger partial charge in [-0.25, -0.2) is 19.6 Å². The SMILES string of the molecule is CCN(CC)Cc1ccc2nc(NC(=O)N/N=C(\C)c3ccc(F)cc3)sc2c1. The molecule has 6 nitrogen and oxygen atoms in total. The monoisotopic (exact) mass is 413 g/mol. The fourth-order valence-corrected chi connectivity index (χ4v) is 3.77. The molecular weight excluding hydrogens is 389 g/mol. The number of carbonyl (C=O) groups excluding carboxylic acids is 1. The molecule has 29 heavy (non-hydrogen) atoms. The molecule has 0 saturated heterocycles. The summed E-state index contributed by atoms with van der Waals surface area (Å²) in [4.78, 5) is 18.9. The molecule has 0 unspecified atom stereocenters. The number of benzene rings is 2. The van der Waals surface area contributed by atoms with E-state index in [1.165, 1.54) is 29.0 Å². The molecule has 1 heterocycles. The Morgan fingerprint density at radius 1 is 1.17 bits per heavy atom. The summed E-state index contributed by atoms with van der Waals surface area (Å²) in [6, 6.07) is 11.6. The molecule has 3 rings (SSSR count). The van der Waals surface area contributed by atoms with Crippen molar-refractivity contribution in [1.29, 1.82) is 0 Å². The molecule has 0 aliphatic rings. The first-order valence-electron chi connectivity index (χ1n) is 9.47. The molecule has 1 aromatic heterocycles. The number of urea groups is 1. The van der Waals surface area contributed by atoms with Crippen molar-refractivity contribution in [3.05, 3.63) is 59.4 Å². The van der Waals surface area contributed by atoms with Crippen LogP contribution in [0.5, 0.6) is 0 Å². The number of aromatic nitrogens is 1. The van der Waals surface area contributed by atoms with E-state index < -0.39 is 6.03 Å². The predicted molar refractivity (Wildman–Crippen MR) is 117 cm³/mol. The average Bonchev–Trinajstić information content (AvgIpc) is 3.12. The van der Waals surface area contributed by atoms with Crippen molar-refractivity contribution in [2.24, 2.45) is 5.10 Å². The summed E-state index contributed by atoms with van der Waals surface area (Å²) in [5.41, 5.74) is 5.82. The van der Waals surface area contributed by atoms with Gasteiger partial charge in [-0.05, 0) is 55.4 Å². The first-order chi connectivity index (χ1) is 14.0. The van der Waals surface area contributed by atoms with Gasteiger partial charge in [-0.3, -0.25) is 10.2 Å². The lowest BCUT2D eigenvalue weighted by Gasteiger charge is -2.17. The minimum Gasteiger partial charge on any atom is -0.300 e. The molecule has 2 amide bonds. The normalized spacial score (nSPS) is 11.8. The molecule has 0 bridgehead atoms. The largest absolute Gasteiger partial charge is 0.341 e. The first kappa shape index (κ1) is 20.9. The topological polar surface area (TPSA) is 69.6 Å². The summed E-state index contributed by atoms with van der Waals surface area (Å²) in [5, 5.41) is 7.26. The minimum atomic E-state index is -0.478. The van der Waals surface area contributed by atoms with Crippen molar-refractivity contribution in [2.45, 2.75) is 27.3 Å². The predicted octanol–water partition coefficient (Wildman–Crippen LogP) is 4.82. The van der Waals surface area contributed by atoms with Gasteiger partial charge in [0.1, 0.15) is 5.82 Å². The number of amides is 2. The lowest BCUT2D eigenvalue weighted by Crippen LogP contribution is -2.25. The highest BCUT2D eigenvalue weighted by Gasteiger charge is 2.09. The van der Waals surface area contributed by atoms with E-state index in [-0.39, 0.29) is 5.82 Å². The van der Waals surface area contributed by atoms with Gasteiger partial charge in [-0.15, -0.1) is 0 Å². The second-order valence-electron chi connectivity index (χ2n) is 6.55. The Balaban J connectivity index is 1.64. The van der Waals surface area contributed by atoms with Gasteiger partial charge in [0.05, 0.1) is 15.9 Å². The van der Waals surface area contributed by atoms with Gasteiger partial charge in [-0.1, -0.05) is 43.4 Å².